The van der Waals surface area contributed by atoms with Gasteiger partial charge in [0, 0.05) is 0 Å². The molecule has 2 N–H and O–H groups in total. The smallest absolute Gasteiger partial charge is 0.339 e. The second-order valence-corrected chi connectivity index (χ2v) is 9.03. The molecule has 0 spiro atoms. The van der Waals surface area contributed by atoms with Crippen LogP contribution in [0.2, 0.25) is 0 Å². The number of carbonyl (C=O) groups is 2. The lowest BCUT2D eigenvalue weighted by Gasteiger charge is -2.17. The van der Waals surface area contributed by atoms with Crippen molar-refractivity contribution in [3.63, 3.8) is 0 Å². The minimum Gasteiger partial charge on any atom is -0.490 e. The fraction of sp³-hybridized carbons (Fsp3) is 0.105. The summed E-state index contributed by atoms with van der Waals surface area (Å²) in [5, 5.41) is 4.63. The number of hydrogen-bond acceptors (Lipinski definition) is 7. The van der Waals surface area contributed by atoms with Crippen molar-refractivity contribution in [2.24, 2.45) is 0 Å². The van der Waals surface area contributed by atoms with Gasteiger partial charge < -0.3 is 8.92 Å². The molecule has 1 fully saturated rings. The van der Waals surface area contributed by atoms with Crippen LogP contribution >= 0.6 is 34.8 Å². The minimum absolute atomic E-state index is 0.000889. The van der Waals surface area contributed by atoms with Gasteiger partial charge in [0.15, 0.2) is 16.6 Å². The van der Waals surface area contributed by atoms with Gasteiger partial charge in [0.25, 0.3) is 11.8 Å². The number of nitrogens with one attached hydrogen (secondary N) is 2. The summed E-state index contributed by atoms with van der Waals surface area (Å²) in [7, 11) is -4.08. The summed E-state index contributed by atoms with van der Waals surface area (Å²) in [4.78, 5) is 24.1. The summed E-state index contributed by atoms with van der Waals surface area (Å²) in [6, 6.07) is 10.8. The highest BCUT2D eigenvalue weighted by molar-refractivity contribution is 14.1. The Labute approximate surface area is 191 Å². The van der Waals surface area contributed by atoms with E-state index in [9.17, 15) is 18.0 Å². The van der Waals surface area contributed by atoms with Crippen molar-refractivity contribution in [3.8, 4) is 11.5 Å². The molecule has 0 atom stereocenters. The molecule has 11 heteroatoms. The Hall–Kier alpha value is -2.51. The lowest BCUT2D eigenvalue weighted by atomic mass is 10.1. The molecule has 1 heterocycles. The van der Waals surface area contributed by atoms with Gasteiger partial charge in [-0.05, 0) is 77.6 Å². The first-order valence-corrected chi connectivity index (χ1v) is 11.4. The third-order valence-corrected chi connectivity index (χ3v) is 6.05. The fourth-order valence-corrected chi connectivity index (χ4v) is 4.58. The molecule has 2 aromatic rings. The van der Waals surface area contributed by atoms with E-state index in [-0.39, 0.29) is 33.7 Å². The molecule has 1 aliphatic rings. The van der Waals surface area contributed by atoms with Gasteiger partial charge in [-0.25, -0.2) is 0 Å². The molecule has 2 aromatic carbocycles. The largest absolute Gasteiger partial charge is 0.490 e. The van der Waals surface area contributed by atoms with Crippen molar-refractivity contribution in [3.05, 3.63) is 57.2 Å². The highest BCUT2D eigenvalue weighted by atomic mass is 127. The van der Waals surface area contributed by atoms with Crippen LogP contribution < -0.4 is 19.6 Å². The Morgan fingerprint density at radius 1 is 1.10 bits per heavy atom. The predicted octanol–water partition coefficient (Wildman–Crippen LogP) is 2.37. The SMILES string of the molecule is CCOc1cc(C=C2C(=O)NC(=S)NC2=O)cc(I)c1OS(=O)(=O)c1ccccc1. The van der Waals surface area contributed by atoms with E-state index in [0.717, 1.165) is 0 Å². The van der Waals surface area contributed by atoms with Crippen LogP contribution in [0.5, 0.6) is 11.5 Å². The molecule has 0 aromatic heterocycles. The average Bonchev–Trinajstić information content (AvgIpc) is 2.68. The molecule has 2 amide bonds. The van der Waals surface area contributed by atoms with Crippen LogP contribution in [0.25, 0.3) is 6.08 Å². The Morgan fingerprint density at radius 3 is 2.33 bits per heavy atom. The van der Waals surface area contributed by atoms with E-state index in [1.807, 2.05) is 22.6 Å². The number of amides is 2. The Morgan fingerprint density at radius 2 is 1.73 bits per heavy atom. The zero-order valence-electron chi connectivity index (χ0n) is 15.5. The predicted molar refractivity (Wildman–Crippen MR) is 121 cm³/mol. The van der Waals surface area contributed by atoms with Gasteiger partial charge in [0.1, 0.15) is 10.5 Å². The topological polar surface area (TPSA) is 111 Å². The number of thiocarbonyl (C=S) groups is 1. The second-order valence-electron chi connectivity index (χ2n) is 5.91. The lowest BCUT2D eigenvalue weighted by molar-refractivity contribution is -0.123. The second kappa shape index (κ2) is 9.10. The molecule has 0 aliphatic carbocycles. The van der Waals surface area contributed by atoms with Crippen LogP contribution in [0.1, 0.15) is 12.5 Å². The van der Waals surface area contributed by atoms with Crippen LogP contribution in [0.4, 0.5) is 0 Å². The zero-order valence-corrected chi connectivity index (χ0v) is 19.3. The molecule has 0 radical (unpaired) electrons. The van der Waals surface area contributed by atoms with Gasteiger partial charge in [0.05, 0.1) is 10.2 Å². The van der Waals surface area contributed by atoms with E-state index in [2.05, 4.69) is 10.6 Å². The summed E-state index contributed by atoms with van der Waals surface area (Å²) in [6.07, 6.45) is 1.35. The average molecular weight is 558 g/mol. The number of hydrogen-bond donors (Lipinski definition) is 2. The van der Waals surface area contributed by atoms with Crippen molar-refractivity contribution >= 4 is 67.9 Å². The lowest BCUT2D eigenvalue weighted by Crippen LogP contribution is -2.51. The van der Waals surface area contributed by atoms with Crippen LogP contribution in [0, 0.1) is 3.57 Å². The van der Waals surface area contributed by atoms with E-state index in [1.54, 1.807) is 31.2 Å². The maximum atomic E-state index is 12.6. The van der Waals surface area contributed by atoms with Crippen molar-refractivity contribution in [2.75, 3.05) is 6.61 Å². The van der Waals surface area contributed by atoms with Gasteiger partial charge in [-0.15, -0.1) is 0 Å². The first kappa shape index (κ1) is 22.2. The number of benzene rings is 2. The molecule has 1 saturated heterocycles. The van der Waals surface area contributed by atoms with E-state index >= 15 is 0 Å². The third kappa shape index (κ3) is 4.96. The maximum Gasteiger partial charge on any atom is 0.339 e. The van der Waals surface area contributed by atoms with Gasteiger partial charge in [-0.1, -0.05) is 18.2 Å². The standard InChI is InChI=1S/C19H15IN2O6S2/c1-2-27-15-10-11(8-13-17(23)21-19(29)22-18(13)24)9-14(20)16(15)28-30(25,26)12-6-4-3-5-7-12/h3-10H,2H2,1H3,(H2,21,22,23,24,29). The minimum atomic E-state index is -4.08. The Balaban J connectivity index is 2.01. The number of halogens is 1. The fourth-order valence-electron chi connectivity index (χ4n) is 2.53. The third-order valence-electron chi connectivity index (χ3n) is 3.81. The van der Waals surface area contributed by atoms with Gasteiger partial charge >= 0.3 is 10.1 Å². The maximum absolute atomic E-state index is 12.6. The van der Waals surface area contributed by atoms with Crippen LogP contribution in [-0.4, -0.2) is 32.0 Å². The van der Waals surface area contributed by atoms with Gasteiger partial charge in [0.2, 0.25) is 0 Å². The summed E-state index contributed by atoms with van der Waals surface area (Å²) in [5.74, 6) is -1.10. The number of ether oxygens (including phenoxy) is 1. The summed E-state index contributed by atoms with van der Waals surface area (Å²) < 4.78 is 36.6. The van der Waals surface area contributed by atoms with Crippen molar-refractivity contribution in [2.45, 2.75) is 11.8 Å². The van der Waals surface area contributed by atoms with Crippen molar-refractivity contribution in [1.29, 1.82) is 0 Å². The Bertz CT molecular complexity index is 1140. The first-order chi connectivity index (χ1) is 14.2. The van der Waals surface area contributed by atoms with Crippen LogP contribution in [0.15, 0.2) is 52.9 Å². The molecule has 156 valence electrons. The highest BCUT2D eigenvalue weighted by Gasteiger charge is 2.27. The van der Waals surface area contributed by atoms with Crippen molar-refractivity contribution < 1.29 is 26.9 Å². The zero-order chi connectivity index (χ0) is 21.9. The van der Waals surface area contributed by atoms with Crippen molar-refractivity contribution in [1.82, 2.24) is 10.6 Å². The summed E-state index contributed by atoms with van der Waals surface area (Å²) in [5.41, 5.74) is 0.299. The molecular weight excluding hydrogens is 543 g/mol. The highest BCUT2D eigenvalue weighted by Crippen LogP contribution is 2.37. The first-order valence-electron chi connectivity index (χ1n) is 8.55. The molecule has 3 rings (SSSR count). The number of carbonyl (C=O) groups excluding carboxylic acids is 2. The van der Waals surface area contributed by atoms with E-state index in [1.165, 1.54) is 24.3 Å². The molecule has 0 bridgehead atoms. The van der Waals surface area contributed by atoms with Crippen LogP contribution in [0.3, 0.4) is 0 Å². The molecule has 0 unspecified atom stereocenters. The molecule has 0 saturated carbocycles. The van der Waals surface area contributed by atoms with Crippen LogP contribution in [-0.2, 0) is 19.7 Å². The van der Waals surface area contributed by atoms with E-state index in [0.29, 0.717) is 9.13 Å². The summed E-state index contributed by atoms with van der Waals surface area (Å²) in [6.45, 7) is 1.98. The van der Waals surface area contributed by atoms with E-state index in [4.69, 9.17) is 21.1 Å². The Kier molecular flexibility index (Phi) is 6.73. The quantitative estimate of drug-likeness (QED) is 0.184. The van der Waals surface area contributed by atoms with E-state index < -0.39 is 21.9 Å². The molecule has 1 aliphatic heterocycles. The van der Waals surface area contributed by atoms with Gasteiger partial charge in [-0.2, -0.15) is 8.42 Å². The molecular formula is C19H15IN2O6S2. The van der Waals surface area contributed by atoms with Gasteiger partial charge in [-0.3, -0.25) is 20.2 Å². The molecule has 30 heavy (non-hydrogen) atoms. The molecule has 8 nitrogen and oxygen atoms in total. The number of rotatable bonds is 6. The monoisotopic (exact) mass is 558 g/mol. The summed E-state index contributed by atoms with van der Waals surface area (Å²) >= 11 is 6.67. The normalized spacial score (nSPS) is 14.1.